The SMILES string of the molecule is CC/C=C\C/C=C\C/C=C\C/C=C\C/C=C\C/C=C\CCCCC(=O)OCC(COC(=O)CCCCCCCCCCC)OC(=O)CC/C=C\C/C=C\C/C=C\C/C=C\C/C=C\C/C=C\CC. The van der Waals surface area contributed by atoms with Crippen molar-refractivity contribution in [2.24, 2.45) is 0 Å². The number of hydrogen-bond acceptors (Lipinski definition) is 6. The highest BCUT2D eigenvalue weighted by molar-refractivity contribution is 5.71. The summed E-state index contributed by atoms with van der Waals surface area (Å²) in [5.74, 6) is -1.07. The van der Waals surface area contributed by atoms with E-state index < -0.39 is 12.1 Å². The maximum absolute atomic E-state index is 12.8. The number of esters is 3. The second-order valence-corrected chi connectivity index (χ2v) is 16.7. The van der Waals surface area contributed by atoms with Gasteiger partial charge in [-0.15, -0.1) is 0 Å². The van der Waals surface area contributed by atoms with Crippen LogP contribution in [0.25, 0.3) is 0 Å². The molecule has 6 heteroatoms. The van der Waals surface area contributed by atoms with Crippen molar-refractivity contribution in [3.05, 3.63) is 146 Å². The molecule has 0 aromatic rings. The van der Waals surface area contributed by atoms with E-state index in [0.717, 1.165) is 109 Å². The summed E-state index contributed by atoms with van der Waals surface area (Å²) >= 11 is 0. The van der Waals surface area contributed by atoms with E-state index in [9.17, 15) is 14.4 Å². The summed E-state index contributed by atoms with van der Waals surface area (Å²) in [5, 5.41) is 0. The van der Waals surface area contributed by atoms with Crippen LogP contribution >= 0.6 is 0 Å². The molecule has 0 heterocycles. The molecular weight excluding hydrogens is 829 g/mol. The molecule has 0 spiro atoms. The van der Waals surface area contributed by atoms with Crippen LogP contribution in [-0.4, -0.2) is 37.2 Å². The highest BCUT2D eigenvalue weighted by atomic mass is 16.6. The maximum atomic E-state index is 12.8. The standard InChI is InChI=1S/C61H94O6/c1-4-7-10-13-16-19-21-23-25-27-29-30-32-33-35-37-39-42-45-48-51-54-60(63)66-57-58(56-65-59(62)53-50-47-44-41-18-15-12-9-6-3)67-61(64)55-52-49-46-43-40-38-36-34-31-28-26-24-22-20-17-14-11-8-5-2/h7-8,10-11,16-17,19-20,23-26,29-31,33-35,38-40,42,46,49,58H,4-6,9,12-15,18,21-22,27-28,32,36-37,41,43-45,47-48,50-57H2,1-3H3/b10-7-,11-8-,19-16-,20-17-,25-23-,26-24-,30-29-,34-31-,35-33-,40-38-,42-39-,49-46-. The molecule has 0 aromatic carbocycles. The van der Waals surface area contributed by atoms with Crippen molar-refractivity contribution in [3.63, 3.8) is 0 Å². The summed E-state index contributed by atoms with van der Waals surface area (Å²) in [6.07, 6.45) is 77.1. The van der Waals surface area contributed by atoms with Crippen LogP contribution in [0.5, 0.6) is 0 Å². The Balaban J connectivity index is 4.55. The average molecular weight is 923 g/mol. The van der Waals surface area contributed by atoms with Crippen LogP contribution in [0.4, 0.5) is 0 Å². The first-order valence-corrected chi connectivity index (χ1v) is 26.3. The van der Waals surface area contributed by atoms with Gasteiger partial charge in [-0.05, 0) is 109 Å². The van der Waals surface area contributed by atoms with Gasteiger partial charge in [-0.25, -0.2) is 0 Å². The Morgan fingerprint density at radius 3 is 0.970 bits per heavy atom. The molecule has 1 unspecified atom stereocenters. The number of unbranched alkanes of at least 4 members (excludes halogenated alkanes) is 10. The van der Waals surface area contributed by atoms with Gasteiger partial charge in [0.05, 0.1) is 0 Å². The van der Waals surface area contributed by atoms with E-state index in [1.807, 2.05) is 12.2 Å². The van der Waals surface area contributed by atoms with E-state index >= 15 is 0 Å². The number of carbonyl (C=O) groups is 3. The lowest BCUT2D eigenvalue weighted by molar-refractivity contribution is -0.166. The third kappa shape index (κ3) is 52.1. The molecule has 1 atom stereocenters. The van der Waals surface area contributed by atoms with Crippen molar-refractivity contribution in [3.8, 4) is 0 Å². The van der Waals surface area contributed by atoms with Crippen LogP contribution in [0, 0.1) is 0 Å². The third-order valence-corrected chi connectivity index (χ3v) is 10.4. The lowest BCUT2D eigenvalue weighted by atomic mass is 10.1. The van der Waals surface area contributed by atoms with Crippen molar-refractivity contribution >= 4 is 17.9 Å². The molecular formula is C61H94O6. The van der Waals surface area contributed by atoms with E-state index in [0.29, 0.717) is 19.3 Å². The normalized spacial score (nSPS) is 13.3. The third-order valence-electron chi connectivity index (χ3n) is 10.4. The van der Waals surface area contributed by atoms with Crippen molar-refractivity contribution < 1.29 is 28.6 Å². The molecule has 0 aliphatic heterocycles. The van der Waals surface area contributed by atoms with E-state index in [-0.39, 0.29) is 38.0 Å². The smallest absolute Gasteiger partial charge is 0.306 e. The van der Waals surface area contributed by atoms with Crippen molar-refractivity contribution in [2.45, 2.75) is 207 Å². The maximum Gasteiger partial charge on any atom is 0.306 e. The van der Waals surface area contributed by atoms with Gasteiger partial charge >= 0.3 is 17.9 Å². The Kier molecular flexibility index (Phi) is 50.1. The molecule has 0 aromatic heterocycles. The average Bonchev–Trinajstić information content (AvgIpc) is 3.33. The highest BCUT2D eigenvalue weighted by Gasteiger charge is 2.19. The quantitative estimate of drug-likeness (QED) is 0.0262. The predicted octanol–water partition coefficient (Wildman–Crippen LogP) is 17.6. The molecule has 0 fully saturated rings. The molecule has 0 aliphatic rings. The molecule has 0 N–H and O–H groups in total. The summed E-state index contributed by atoms with van der Waals surface area (Å²) in [7, 11) is 0. The Labute approximate surface area is 410 Å². The van der Waals surface area contributed by atoms with Gasteiger partial charge in [0, 0.05) is 19.3 Å². The number of rotatable bonds is 45. The first-order chi connectivity index (χ1) is 33.0. The molecule has 67 heavy (non-hydrogen) atoms. The molecule has 0 bridgehead atoms. The van der Waals surface area contributed by atoms with E-state index in [1.165, 1.54) is 38.5 Å². The summed E-state index contributed by atoms with van der Waals surface area (Å²) in [4.78, 5) is 37.9. The van der Waals surface area contributed by atoms with Gasteiger partial charge < -0.3 is 14.2 Å². The number of ether oxygens (including phenoxy) is 3. The zero-order chi connectivity index (χ0) is 48.6. The lowest BCUT2D eigenvalue weighted by Gasteiger charge is -2.18. The van der Waals surface area contributed by atoms with E-state index in [1.54, 1.807) is 0 Å². The fourth-order valence-corrected chi connectivity index (χ4v) is 6.47. The number of carbonyl (C=O) groups excluding carboxylic acids is 3. The summed E-state index contributed by atoms with van der Waals surface area (Å²) < 4.78 is 16.7. The lowest BCUT2D eigenvalue weighted by Crippen LogP contribution is -2.30. The zero-order valence-electron chi connectivity index (χ0n) is 42.6. The predicted molar refractivity (Wildman–Crippen MR) is 288 cm³/mol. The van der Waals surface area contributed by atoms with Gasteiger partial charge in [-0.1, -0.05) is 218 Å². The van der Waals surface area contributed by atoms with Gasteiger partial charge in [0.15, 0.2) is 6.10 Å². The minimum atomic E-state index is -0.840. The van der Waals surface area contributed by atoms with Crippen LogP contribution in [0.15, 0.2) is 146 Å². The van der Waals surface area contributed by atoms with Gasteiger partial charge in [0.25, 0.3) is 0 Å². The summed E-state index contributed by atoms with van der Waals surface area (Å²) in [5.41, 5.74) is 0. The Bertz CT molecular complexity index is 1530. The number of allylic oxidation sites excluding steroid dienone is 24. The molecule has 6 nitrogen and oxygen atoms in total. The first kappa shape index (κ1) is 62.3. The molecule has 0 saturated heterocycles. The molecule has 0 rings (SSSR count). The molecule has 0 saturated carbocycles. The van der Waals surface area contributed by atoms with E-state index in [2.05, 4.69) is 154 Å². The van der Waals surface area contributed by atoms with Crippen LogP contribution in [-0.2, 0) is 28.6 Å². The minimum absolute atomic E-state index is 0.127. The van der Waals surface area contributed by atoms with Crippen molar-refractivity contribution in [1.29, 1.82) is 0 Å². The van der Waals surface area contributed by atoms with Crippen molar-refractivity contribution in [1.82, 2.24) is 0 Å². The van der Waals surface area contributed by atoms with Gasteiger partial charge in [-0.3, -0.25) is 14.4 Å². The summed E-state index contributed by atoms with van der Waals surface area (Å²) in [6.45, 7) is 6.26. The molecule has 0 radical (unpaired) electrons. The van der Waals surface area contributed by atoms with Crippen molar-refractivity contribution in [2.75, 3.05) is 13.2 Å². The zero-order valence-corrected chi connectivity index (χ0v) is 42.6. The Morgan fingerprint density at radius 2 is 0.612 bits per heavy atom. The summed E-state index contributed by atoms with van der Waals surface area (Å²) in [6, 6.07) is 0. The fraction of sp³-hybridized carbons (Fsp3) is 0.557. The Morgan fingerprint density at radius 1 is 0.313 bits per heavy atom. The van der Waals surface area contributed by atoms with Crippen LogP contribution in [0.3, 0.4) is 0 Å². The molecule has 0 aliphatic carbocycles. The van der Waals surface area contributed by atoms with Crippen LogP contribution in [0.2, 0.25) is 0 Å². The Hall–Kier alpha value is -4.71. The topological polar surface area (TPSA) is 78.9 Å². The highest BCUT2D eigenvalue weighted by Crippen LogP contribution is 2.12. The van der Waals surface area contributed by atoms with Gasteiger partial charge in [0.2, 0.25) is 0 Å². The second-order valence-electron chi connectivity index (χ2n) is 16.7. The van der Waals surface area contributed by atoms with E-state index in [4.69, 9.17) is 14.2 Å². The van der Waals surface area contributed by atoms with Gasteiger partial charge in [0.1, 0.15) is 13.2 Å². The van der Waals surface area contributed by atoms with Gasteiger partial charge in [-0.2, -0.15) is 0 Å². The largest absolute Gasteiger partial charge is 0.462 e. The van der Waals surface area contributed by atoms with Crippen LogP contribution < -0.4 is 0 Å². The molecule has 0 amide bonds. The second kappa shape index (κ2) is 53.9. The molecule has 374 valence electrons. The first-order valence-electron chi connectivity index (χ1n) is 26.3. The minimum Gasteiger partial charge on any atom is -0.462 e. The van der Waals surface area contributed by atoms with Crippen LogP contribution in [0.1, 0.15) is 201 Å². The fourth-order valence-electron chi connectivity index (χ4n) is 6.47. The monoisotopic (exact) mass is 923 g/mol. The number of hydrogen-bond donors (Lipinski definition) is 0.